The molecule has 0 aliphatic carbocycles. The Morgan fingerprint density at radius 1 is 1.10 bits per heavy atom. The van der Waals surface area contributed by atoms with E-state index >= 15 is 0 Å². The molecule has 0 unspecified atom stereocenters. The molecule has 0 radical (unpaired) electrons. The summed E-state index contributed by atoms with van der Waals surface area (Å²) in [5.41, 5.74) is 3.73. The lowest BCUT2D eigenvalue weighted by atomic mass is 9.92. The number of ether oxygens (including phenoxy) is 3. The van der Waals surface area contributed by atoms with Crippen LogP contribution in [0.4, 0.5) is 0 Å². The molecule has 1 atom stereocenters. The molecule has 0 spiro atoms. The van der Waals surface area contributed by atoms with Gasteiger partial charge in [0.05, 0.1) is 20.3 Å². The van der Waals surface area contributed by atoms with E-state index in [0.29, 0.717) is 6.61 Å². The number of nitrogens with zero attached hydrogens (tertiary/aromatic N) is 1. The van der Waals surface area contributed by atoms with Gasteiger partial charge in [0.25, 0.3) is 0 Å². The molecule has 2 aromatic carbocycles. The smallest absolute Gasteiger partial charge is 0.169 e. The van der Waals surface area contributed by atoms with Crippen LogP contribution < -0.4 is 19.5 Å². The SMILES string of the molecule is CCCCNC(=S)N1CCc2cc(OC)c(OC)cc2[C@H]1COc1ccc(CC)cc1. The van der Waals surface area contributed by atoms with Crippen LogP contribution >= 0.6 is 12.2 Å². The second kappa shape index (κ2) is 11.2. The van der Waals surface area contributed by atoms with Crippen LogP contribution in [0.25, 0.3) is 0 Å². The Balaban J connectivity index is 1.86. The Morgan fingerprint density at radius 3 is 2.45 bits per heavy atom. The van der Waals surface area contributed by atoms with Crippen molar-refractivity contribution in [1.82, 2.24) is 10.2 Å². The quantitative estimate of drug-likeness (QED) is 0.439. The largest absolute Gasteiger partial charge is 0.493 e. The maximum Gasteiger partial charge on any atom is 0.169 e. The number of thiocarbonyl (C=S) groups is 1. The molecular weight excluding hydrogens is 408 g/mol. The summed E-state index contributed by atoms with van der Waals surface area (Å²) in [5, 5.41) is 4.21. The summed E-state index contributed by atoms with van der Waals surface area (Å²) in [5.74, 6) is 2.35. The average Bonchev–Trinajstić information content (AvgIpc) is 2.81. The molecule has 1 aliphatic heterocycles. The second-order valence-corrected chi connectivity index (χ2v) is 8.15. The molecule has 0 amide bonds. The predicted octanol–water partition coefficient (Wildman–Crippen LogP) is 4.92. The van der Waals surface area contributed by atoms with Crippen molar-refractivity contribution in [3.63, 3.8) is 0 Å². The van der Waals surface area contributed by atoms with E-state index < -0.39 is 0 Å². The fourth-order valence-electron chi connectivity index (χ4n) is 3.92. The molecule has 31 heavy (non-hydrogen) atoms. The Hall–Kier alpha value is -2.47. The Bertz CT molecular complexity index is 870. The number of nitrogens with one attached hydrogen (secondary N) is 1. The molecule has 0 fully saturated rings. The topological polar surface area (TPSA) is 43.0 Å². The highest BCUT2D eigenvalue weighted by Crippen LogP contribution is 2.38. The van der Waals surface area contributed by atoms with Crippen molar-refractivity contribution < 1.29 is 14.2 Å². The summed E-state index contributed by atoms with van der Waals surface area (Å²) >= 11 is 5.77. The van der Waals surface area contributed by atoms with Crippen molar-refractivity contribution in [3.05, 3.63) is 53.1 Å². The number of unbranched alkanes of at least 4 members (excludes halogenated alkanes) is 1. The lowest BCUT2D eigenvalue weighted by Crippen LogP contribution is -2.47. The zero-order valence-corrected chi connectivity index (χ0v) is 19.9. The summed E-state index contributed by atoms with van der Waals surface area (Å²) < 4.78 is 17.3. The minimum atomic E-state index is -0.00367. The molecule has 168 valence electrons. The van der Waals surface area contributed by atoms with Crippen LogP contribution in [0.3, 0.4) is 0 Å². The van der Waals surface area contributed by atoms with Gasteiger partial charge in [0.2, 0.25) is 0 Å². The molecule has 1 heterocycles. The highest BCUT2D eigenvalue weighted by Gasteiger charge is 2.31. The summed E-state index contributed by atoms with van der Waals surface area (Å²) in [6.45, 7) is 6.56. The molecule has 3 rings (SSSR count). The Kier molecular flexibility index (Phi) is 8.41. The molecule has 6 heteroatoms. The van der Waals surface area contributed by atoms with E-state index in [1.54, 1.807) is 14.2 Å². The van der Waals surface area contributed by atoms with Gasteiger partial charge in [-0.1, -0.05) is 32.4 Å². The molecule has 1 N–H and O–H groups in total. The molecule has 0 saturated heterocycles. The number of hydrogen-bond donors (Lipinski definition) is 1. The zero-order chi connectivity index (χ0) is 22.2. The van der Waals surface area contributed by atoms with Crippen molar-refractivity contribution in [3.8, 4) is 17.2 Å². The minimum Gasteiger partial charge on any atom is -0.493 e. The van der Waals surface area contributed by atoms with Gasteiger partial charge in [0.1, 0.15) is 12.4 Å². The van der Waals surface area contributed by atoms with E-state index in [1.807, 2.05) is 12.1 Å². The van der Waals surface area contributed by atoms with Crippen LogP contribution in [0.5, 0.6) is 17.2 Å². The number of fused-ring (bicyclic) bond motifs is 1. The van der Waals surface area contributed by atoms with E-state index in [-0.39, 0.29) is 6.04 Å². The summed E-state index contributed by atoms with van der Waals surface area (Å²) in [6.07, 6.45) is 4.15. The van der Waals surface area contributed by atoms with Gasteiger partial charge >= 0.3 is 0 Å². The van der Waals surface area contributed by atoms with E-state index in [4.69, 9.17) is 26.4 Å². The van der Waals surface area contributed by atoms with Crippen molar-refractivity contribution >= 4 is 17.3 Å². The molecule has 0 aromatic heterocycles. The van der Waals surface area contributed by atoms with Gasteiger partial charge in [0, 0.05) is 13.1 Å². The molecule has 2 aromatic rings. The first-order valence-corrected chi connectivity index (χ1v) is 11.5. The second-order valence-electron chi connectivity index (χ2n) is 7.76. The van der Waals surface area contributed by atoms with Crippen LogP contribution in [-0.2, 0) is 12.8 Å². The third-order valence-corrected chi connectivity index (χ3v) is 6.19. The molecule has 0 saturated carbocycles. The third kappa shape index (κ3) is 5.62. The highest BCUT2D eigenvalue weighted by atomic mass is 32.1. The Morgan fingerprint density at radius 2 is 1.81 bits per heavy atom. The lowest BCUT2D eigenvalue weighted by molar-refractivity contribution is 0.187. The van der Waals surface area contributed by atoms with Crippen LogP contribution in [0.15, 0.2) is 36.4 Å². The number of aryl methyl sites for hydroxylation is 1. The van der Waals surface area contributed by atoms with Crippen LogP contribution in [-0.4, -0.2) is 43.9 Å². The number of methoxy groups -OCH3 is 2. The fourth-order valence-corrected chi connectivity index (χ4v) is 4.24. The summed E-state index contributed by atoms with van der Waals surface area (Å²) in [6, 6.07) is 12.5. The van der Waals surface area contributed by atoms with Gasteiger partial charge in [-0.25, -0.2) is 0 Å². The van der Waals surface area contributed by atoms with E-state index in [2.05, 4.69) is 48.3 Å². The normalized spacial score (nSPS) is 15.2. The monoisotopic (exact) mass is 442 g/mol. The van der Waals surface area contributed by atoms with Gasteiger partial charge in [-0.2, -0.15) is 0 Å². The van der Waals surface area contributed by atoms with Crippen LogP contribution in [0.2, 0.25) is 0 Å². The Labute approximate surface area is 191 Å². The van der Waals surface area contributed by atoms with Crippen molar-refractivity contribution in [1.29, 1.82) is 0 Å². The van der Waals surface area contributed by atoms with Gasteiger partial charge < -0.3 is 24.4 Å². The van der Waals surface area contributed by atoms with Gasteiger partial charge in [0.15, 0.2) is 16.6 Å². The average molecular weight is 443 g/mol. The van der Waals surface area contributed by atoms with Crippen LogP contribution in [0, 0.1) is 0 Å². The first-order valence-electron chi connectivity index (χ1n) is 11.1. The first kappa shape index (κ1) is 23.2. The molecule has 1 aliphatic rings. The fraction of sp³-hybridized carbons (Fsp3) is 0.480. The van der Waals surface area contributed by atoms with Gasteiger partial charge in [-0.05, 0) is 72.4 Å². The maximum absolute atomic E-state index is 6.24. The number of benzene rings is 2. The van der Waals surface area contributed by atoms with E-state index in [1.165, 1.54) is 16.7 Å². The predicted molar refractivity (Wildman–Crippen MR) is 130 cm³/mol. The molecule has 0 bridgehead atoms. The number of hydrogen-bond acceptors (Lipinski definition) is 4. The molecular formula is C25H34N2O3S. The summed E-state index contributed by atoms with van der Waals surface area (Å²) in [7, 11) is 3.34. The molecule has 5 nitrogen and oxygen atoms in total. The van der Waals surface area contributed by atoms with E-state index in [0.717, 1.165) is 61.1 Å². The third-order valence-electron chi connectivity index (χ3n) is 5.81. The first-order chi connectivity index (χ1) is 15.1. The summed E-state index contributed by atoms with van der Waals surface area (Å²) in [4.78, 5) is 2.25. The van der Waals surface area contributed by atoms with Crippen LogP contribution in [0.1, 0.15) is 49.4 Å². The lowest BCUT2D eigenvalue weighted by Gasteiger charge is -2.39. The van der Waals surface area contributed by atoms with Gasteiger partial charge in [-0.3, -0.25) is 0 Å². The van der Waals surface area contributed by atoms with Crippen molar-refractivity contribution in [2.75, 3.05) is 33.9 Å². The number of rotatable bonds is 9. The van der Waals surface area contributed by atoms with Crippen molar-refractivity contribution in [2.45, 2.75) is 45.6 Å². The minimum absolute atomic E-state index is 0.00367. The van der Waals surface area contributed by atoms with E-state index in [9.17, 15) is 0 Å². The highest BCUT2D eigenvalue weighted by molar-refractivity contribution is 7.80. The standard InChI is InChI=1S/C25H34N2O3S/c1-5-7-13-26-25(31)27-14-12-19-15-23(28-3)24(29-4)16-21(19)22(27)17-30-20-10-8-18(6-2)9-11-20/h8-11,15-16,22H,5-7,12-14,17H2,1-4H3,(H,26,31)/t22-/m1/s1. The van der Waals surface area contributed by atoms with Gasteiger partial charge in [-0.15, -0.1) is 0 Å². The van der Waals surface area contributed by atoms with Crippen molar-refractivity contribution in [2.24, 2.45) is 0 Å². The zero-order valence-electron chi connectivity index (χ0n) is 19.1. The maximum atomic E-state index is 6.24.